The van der Waals surface area contributed by atoms with E-state index in [0.717, 1.165) is 11.8 Å². The van der Waals surface area contributed by atoms with Crippen molar-refractivity contribution in [3.05, 3.63) is 82.6 Å². The second-order valence-electron chi connectivity index (χ2n) is 6.68. The quantitative estimate of drug-likeness (QED) is 0.494. The maximum Gasteiger partial charge on any atom is 0.335 e. The van der Waals surface area contributed by atoms with E-state index in [1.54, 1.807) is 55.7 Å². The van der Waals surface area contributed by atoms with Gasteiger partial charge in [0.25, 0.3) is 0 Å². The molecule has 0 saturated heterocycles. The fraction of sp³-hybridized carbons (Fsp3) is 0.182. The number of hydrogen-bond acceptors (Lipinski definition) is 6. The van der Waals surface area contributed by atoms with Crippen molar-refractivity contribution in [1.29, 1.82) is 0 Å². The van der Waals surface area contributed by atoms with Crippen LogP contribution in [0.15, 0.2) is 60.9 Å². The van der Waals surface area contributed by atoms with Gasteiger partial charge in [-0.05, 0) is 42.0 Å². The molecule has 1 heterocycles. The van der Waals surface area contributed by atoms with Gasteiger partial charge in [0.1, 0.15) is 12.0 Å². The molecule has 0 amide bonds. The first-order chi connectivity index (χ1) is 14.5. The molecule has 2 atom stereocenters. The van der Waals surface area contributed by atoms with Crippen molar-refractivity contribution in [2.75, 3.05) is 11.9 Å². The molecule has 2 unspecified atom stereocenters. The highest BCUT2D eigenvalue weighted by atomic mass is 35.5. The number of aromatic carboxylic acids is 1. The Balaban J connectivity index is 2.04. The number of aldehydes is 1. The maximum atomic E-state index is 11.2. The lowest BCUT2D eigenvalue weighted by atomic mass is 9.96. The fourth-order valence-corrected chi connectivity index (χ4v) is 2.98. The Kier molecular flexibility index (Phi) is 6.98. The summed E-state index contributed by atoms with van der Waals surface area (Å²) in [5.41, 5.74) is 1.65. The van der Waals surface area contributed by atoms with Crippen molar-refractivity contribution in [1.82, 2.24) is 9.97 Å². The standard InChI is InChI=1S/C22H20ClN3O4/c1-14(12-27)13-30-19-8-7-17(23)11-18(19)20(26-22-24-9-2-10-25-22)15-3-5-16(6-4-15)21(28)29/h2-12,14,20H,13H2,1H3,(H,28,29)(H,24,25,26). The highest BCUT2D eigenvalue weighted by Crippen LogP contribution is 2.34. The number of carboxylic acids is 1. The summed E-state index contributed by atoms with van der Waals surface area (Å²) < 4.78 is 5.88. The topological polar surface area (TPSA) is 101 Å². The van der Waals surface area contributed by atoms with Gasteiger partial charge < -0.3 is 20.0 Å². The Morgan fingerprint density at radius 3 is 2.53 bits per heavy atom. The summed E-state index contributed by atoms with van der Waals surface area (Å²) >= 11 is 6.26. The average molecular weight is 426 g/mol. The van der Waals surface area contributed by atoms with E-state index in [9.17, 15) is 14.7 Å². The Bertz CT molecular complexity index is 1010. The van der Waals surface area contributed by atoms with Gasteiger partial charge in [0.2, 0.25) is 5.95 Å². The van der Waals surface area contributed by atoms with Gasteiger partial charge in [-0.1, -0.05) is 30.7 Å². The molecule has 0 fully saturated rings. The molecule has 0 bridgehead atoms. The van der Waals surface area contributed by atoms with E-state index in [0.29, 0.717) is 22.3 Å². The van der Waals surface area contributed by atoms with Crippen LogP contribution >= 0.6 is 11.6 Å². The smallest absolute Gasteiger partial charge is 0.335 e. The molecule has 1 aromatic heterocycles. The molecule has 8 heteroatoms. The molecule has 3 aromatic rings. The zero-order chi connectivity index (χ0) is 21.5. The number of nitrogens with zero attached hydrogens (tertiary/aromatic N) is 2. The van der Waals surface area contributed by atoms with Crippen molar-refractivity contribution >= 4 is 29.8 Å². The van der Waals surface area contributed by atoms with Crippen LogP contribution in [0.2, 0.25) is 5.02 Å². The van der Waals surface area contributed by atoms with Gasteiger partial charge >= 0.3 is 5.97 Å². The normalized spacial score (nSPS) is 12.6. The van der Waals surface area contributed by atoms with Gasteiger partial charge in [-0.15, -0.1) is 0 Å². The SMILES string of the molecule is CC(C=O)COc1ccc(Cl)cc1C(Nc1ncccn1)c1ccc(C(=O)O)cc1. The van der Waals surface area contributed by atoms with Gasteiger partial charge in [0.15, 0.2) is 0 Å². The van der Waals surface area contributed by atoms with Crippen LogP contribution in [0.3, 0.4) is 0 Å². The lowest BCUT2D eigenvalue weighted by Crippen LogP contribution is -2.17. The van der Waals surface area contributed by atoms with Gasteiger partial charge in [-0.2, -0.15) is 0 Å². The summed E-state index contributed by atoms with van der Waals surface area (Å²) in [7, 11) is 0. The minimum Gasteiger partial charge on any atom is -0.492 e. The van der Waals surface area contributed by atoms with Gasteiger partial charge in [-0.25, -0.2) is 14.8 Å². The molecule has 30 heavy (non-hydrogen) atoms. The third-order valence-corrected chi connectivity index (χ3v) is 4.58. The molecule has 3 rings (SSSR count). The van der Waals surface area contributed by atoms with Crippen LogP contribution in [0.5, 0.6) is 5.75 Å². The summed E-state index contributed by atoms with van der Waals surface area (Å²) in [5.74, 6) is -0.347. The monoisotopic (exact) mass is 425 g/mol. The minimum atomic E-state index is -1.01. The van der Waals surface area contributed by atoms with Crippen LogP contribution in [0.1, 0.15) is 34.5 Å². The number of benzene rings is 2. The van der Waals surface area contributed by atoms with E-state index >= 15 is 0 Å². The van der Waals surface area contributed by atoms with Crippen molar-refractivity contribution in [2.24, 2.45) is 5.92 Å². The Morgan fingerprint density at radius 2 is 1.90 bits per heavy atom. The van der Waals surface area contributed by atoms with Gasteiger partial charge in [-0.3, -0.25) is 0 Å². The molecule has 7 nitrogen and oxygen atoms in total. The predicted molar refractivity (Wildman–Crippen MR) is 113 cm³/mol. The van der Waals surface area contributed by atoms with E-state index in [2.05, 4.69) is 15.3 Å². The van der Waals surface area contributed by atoms with E-state index in [1.807, 2.05) is 0 Å². The Morgan fingerprint density at radius 1 is 1.20 bits per heavy atom. The molecular weight excluding hydrogens is 406 g/mol. The molecule has 0 aliphatic rings. The molecule has 154 valence electrons. The zero-order valence-electron chi connectivity index (χ0n) is 16.2. The number of ether oxygens (including phenoxy) is 1. The number of hydrogen-bond donors (Lipinski definition) is 2. The molecule has 0 spiro atoms. The Labute approximate surface area is 178 Å². The number of carboxylic acid groups (broad SMARTS) is 1. The number of carbonyl (C=O) groups is 2. The van der Waals surface area contributed by atoms with Crippen LogP contribution in [0, 0.1) is 5.92 Å². The van der Waals surface area contributed by atoms with E-state index in [1.165, 1.54) is 12.1 Å². The lowest BCUT2D eigenvalue weighted by Gasteiger charge is -2.23. The third-order valence-electron chi connectivity index (χ3n) is 4.35. The third kappa shape index (κ3) is 5.33. The van der Waals surface area contributed by atoms with Gasteiger partial charge in [0, 0.05) is 28.9 Å². The molecule has 0 aliphatic heterocycles. The molecule has 0 radical (unpaired) electrons. The van der Waals surface area contributed by atoms with Crippen molar-refractivity contribution in [3.63, 3.8) is 0 Å². The van der Waals surface area contributed by atoms with Crippen LogP contribution < -0.4 is 10.1 Å². The van der Waals surface area contributed by atoms with Crippen molar-refractivity contribution in [2.45, 2.75) is 13.0 Å². The van der Waals surface area contributed by atoms with Crippen LogP contribution in [0.25, 0.3) is 0 Å². The first-order valence-corrected chi connectivity index (χ1v) is 9.60. The van der Waals surface area contributed by atoms with Gasteiger partial charge in [0.05, 0.1) is 18.2 Å². The average Bonchev–Trinajstić information content (AvgIpc) is 2.77. The summed E-state index contributed by atoms with van der Waals surface area (Å²) in [4.78, 5) is 30.6. The fourth-order valence-electron chi connectivity index (χ4n) is 2.80. The first-order valence-electron chi connectivity index (χ1n) is 9.22. The summed E-state index contributed by atoms with van der Waals surface area (Å²) in [5, 5.41) is 12.9. The molecule has 2 N–H and O–H groups in total. The number of nitrogens with one attached hydrogen (secondary N) is 1. The molecule has 2 aromatic carbocycles. The minimum absolute atomic E-state index is 0.177. The maximum absolute atomic E-state index is 11.2. The van der Waals surface area contributed by atoms with Crippen LogP contribution in [-0.4, -0.2) is 33.9 Å². The summed E-state index contributed by atoms with van der Waals surface area (Å²) in [6.07, 6.45) is 4.05. The van der Waals surface area contributed by atoms with Crippen molar-refractivity contribution in [3.8, 4) is 5.75 Å². The van der Waals surface area contributed by atoms with E-state index < -0.39 is 12.0 Å². The number of halogens is 1. The van der Waals surface area contributed by atoms with E-state index in [-0.39, 0.29) is 18.1 Å². The van der Waals surface area contributed by atoms with Crippen molar-refractivity contribution < 1.29 is 19.4 Å². The second kappa shape index (κ2) is 9.84. The number of aromatic nitrogens is 2. The highest BCUT2D eigenvalue weighted by Gasteiger charge is 2.21. The number of anilines is 1. The van der Waals surface area contributed by atoms with E-state index in [4.69, 9.17) is 16.3 Å². The predicted octanol–water partition coefficient (Wildman–Crippen LogP) is 4.24. The zero-order valence-corrected chi connectivity index (χ0v) is 16.9. The molecule has 0 saturated carbocycles. The first kappa shape index (κ1) is 21.3. The lowest BCUT2D eigenvalue weighted by molar-refractivity contribution is -0.111. The van der Waals surface area contributed by atoms with Crippen LogP contribution in [-0.2, 0) is 4.79 Å². The molecular formula is C22H20ClN3O4. The second-order valence-corrected chi connectivity index (χ2v) is 7.12. The highest BCUT2D eigenvalue weighted by molar-refractivity contribution is 6.30. The van der Waals surface area contributed by atoms with Crippen LogP contribution in [0.4, 0.5) is 5.95 Å². The largest absolute Gasteiger partial charge is 0.492 e. The summed E-state index contributed by atoms with van der Waals surface area (Å²) in [6.45, 7) is 1.98. The summed E-state index contributed by atoms with van der Waals surface area (Å²) in [6, 6.07) is 12.9. The Hall–Kier alpha value is -3.45. The number of carbonyl (C=O) groups excluding carboxylic acids is 1. The molecule has 0 aliphatic carbocycles. The number of rotatable bonds is 9.